The fourth-order valence-corrected chi connectivity index (χ4v) is 2.72. The predicted molar refractivity (Wildman–Crippen MR) is 93.3 cm³/mol. The van der Waals surface area contributed by atoms with Gasteiger partial charge in [-0.05, 0) is 47.4 Å². The second kappa shape index (κ2) is 7.51. The van der Waals surface area contributed by atoms with E-state index in [4.69, 9.17) is 4.74 Å². The van der Waals surface area contributed by atoms with Crippen LogP contribution in [-0.4, -0.2) is 11.0 Å². The number of rotatable bonds is 5. The van der Waals surface area contributed by atoms with Crippen LogP contribution in [0.15, 0.2) is 66.2 Å². The van der Waals surface area contributed by atoms with E-state index in [1.807, 2.05) is 60.0 Å². The molecule has 0 saturated carbocycles. The van der Waals surface area contributed by atoms with Crippen LogP contribution in [0.1, 0.15) is 16.1 Å². The van der Waals surface area contributed by atoms with Gasteiger partial charge in [-0.15, -0.1) is 11.3 Å². The van der Waals surface area contributed by atoms with E-state index in [1.165, 1.54) is 0 Å². The number of hydrogen-bond donors (Lipinski definition) is 0. The van der Waals surface area contributed by atoms with Crippen LogP contribution in [0.25, 0.3) is 12.2 Å². The molecule has 3 rings (SSSR count). The van der Waals surface area contributed by atoms with Gasteiger partial charge in [-0.3, -0.25) is 9.78 Å². The van der Waals surface area contributed by atoms with E-state index >= 15 is 0 Å². The summed E-state index contributed by atoms with van der Waals surface area (Å²) in [5, 5.41) is 1.95. The van der Waals surface area contributed by atoms with Gasteiger partial charge in [-0.1, -0.05) is 30.3 Å². The number of pyridine rings is 1. The minimum atomic E-state index is -0.246. The van der Waals surface area contributed by atoms with Crippen LogP contribution >= 0.6 is 11.3 Å². The molecule has 2 aromatic heterocycles. The van der Waals surface area contributed by atoms with Crippen molar-refractivity contribution in [3.05, 3.63) is 82.3 Å². The summed E-state index contributed by atoms with van der Waals surface area (Å²) in [6, 6.07) is 17.0. The topological polar surface area (TPSA) is 39.2 Å². The number of hydrogen-bond acceptors (Lipinski definition) is 4. The molecule has 0 aliphatic heterocycles. The molecule has 4 heteroatoms. The van der Waals surface area contributed by atoms with Crippen molar-refractivity contribution in [2.24, 2.45) is 0 Å². The number of thiophene rings is 1. The molecule has 23 heavy (non-hydrogen) atoms. The van der Waals surface area contributed by atoms with Gasteiger partial charge in [-0.2, -0.15) is 0 Å². The van der Waals surface area contributed by atoms with Crippen molar-refractivity contribution in [1.29, 1.82) is 0 Å². The molecule has 2 heterocycles. The quantitative estimate of drug-likeness (QED) is 0.514. The molecule has 1 aromatic carbocycles. The van der Waals surface area contributed by atoms with Crippen LogP contribution in [0.2, 0.25) is 0 Å². The van der Waals surface area contributed by atoms with Gasteiger partial charge in [0.05, 0.1) is 12.1 Å². The highest BCUT2D eigenvalue weighted by Gasteiger charge is 2.06. The number of esters is 1. The molecule has 0 atom stereocenters. The molecular formula is C19H15NO2S. The van der Waals surface area contributed by atoms with Crippen molar-refractivity contribution in [2.75, 3.05) is 0 Å². The van der Waals surface area contributed by atoms with Crippen LogP contribution in [0.3, 0.4) is 0 Å². The summed E-state index contributed by atoms with van der Waals surface area (Å²) in [4.78, 5) is 17.1. The number of aromatic nitrogens is 1. The Morgan fingerprint density at radius 2 is 1.91 bits per heavy atom. The second-order valence-electron chi connectivity index (χ2n) is 4.89. The van der Waals surface area contributed by atoms with Gasteiger partial charge in [0.15, 0.2) is 0 Å². The lowest BCUT2D eigenvalue weighted by atomic mass is 10.2. The summed E-state index contributed by atoms with van der Waals surface area (Å²) < 4.78 is 5.34. The number of ether oxygens (including phenoxy) is 1. The standard InChI is InChI=1S/C19H15NO2S/c21-19(14-18-5-3-13-23-18)22-17-10-7-15(8-11-17)6-9-16-4-1-2-12-20-16/h1-13H,14H2/b9-6+. The monoisotopic (exact) mass is 321 g/mol. The lowest BCUT2D eigenvalue weighted by Gasteiger charge is -2.03. The molecule has 0 saturated heterocycles. The predicted octanol–water partition coefficient (Wildman–Crippen LogP) is 4.46. The number of nitrogens with zero attached hydrogens (tertiary/aromatic N) is 1. The maximum Gasteiger partial charge on any atom is 0.316 e. The summed E-state index contributed by atoms with van der Waals surface area (Å²) >= 11 is 1.55. The summed E-state index contributed by atoms with van der Waals surface area (Å²) in [6.07, 6.45) is 5.98. The number of carbonyl (C=O) groups is 1. The lowest BCUT2D eigenvalue weighted by molar-refractivity contribution is -0.133. The Balaban J connectivity index is 1.58. The maximum absolute atomic E-state index is 11.8. The average molecular weight is 321 g/mol. The fraction of sp³-hybridized carbons (Fsp3) is 0.0526. The van der Waals surface area contributed by atoms with E-state index in [9.17, 15) is 4.79 Å². The minimum Gasteiger partial charge on any atom is -0.426 e. The molecule has 0 spiro atoms. The minimum absolute atomic E-state index is 0.246. The Morgan fingerprint density at radius 1 is 1.04 bits per heavy atom. The van der Waals surface area contributed by atoms with Crippen molar-refractivity contribution in [3.63, 3.8) is 0 Å². The van der Waals surface area contributed by atoms with Gasteiger partial charge in [0.25, 0.3) is 0 Å². The Kier molecular flexibility index (Phi) is 4.96. The molecule has 0 N–H and O–H groups in total. The number of carbonyl (C=O) groups excluding carboxylic acids is 1. The first-order chi connectivity index (χ1) is 11.3. The Bertz CT molecular complexity index is 778. The zero-order valence-corrected chi connectivity index (χ0v) is 13.2. The largest absolute Gasteiger partial charge is 0.426 e. The van der Waals surface area contributed by atoms with Gasteiger partial charge in [0.1, 0.15) is 5.75 Å². The molecular weight excluding hydrogens is 306 g/mol. The lowest BCUT2D eigenvalue weighted by Crippen LogP contribution is -2.10. The summed E-state index contributed by atoms with van der Waals surface area (Å²) in [5.74, 6) is 0.311. The first-order valence-electron chi connectivity index (χ1n) is 7.22. The van der Waals surface area contributed by atoms with Crippen molar-refractivity contribution in [2.45, 2.75) is 6.42 Å². The smallest absolute Gasteiger partial charge is 0.316 e. The molecule has 0 bridgehead atoms. The van der Waals surface area contributed by atoms with Gasteiger partial charge in [-0.25, -0.2) is 0 Å². The molecule has 3 nitrogen and oxygen atoms in total. The van der Waals surface area contributed by atoms with Crippen LogP contribution in [0.4, 0.5) is 0 Å². The molecule has 0 radical (unpaired) electrons. The Labute approximate surface area is 138 Å². The zero-order chi connectivity index (χ0) is 15.9. The van der Waals surface area contributed by atoms with Crippen LogP contribution in [-0.2, 0) is 11.2 Å². The Hall–Kier alpha value is -2.72. The maximum atomic E-state index is 11.8. The third kappa shape index (κ3) is 4.63. The van der Waals surface area contributed by atoms with E-state index in [2.05, 4.69) is 4.98 Å². The van der Waals surface area contributed by atoms with Crippen molar-refractivity contribution < 1.29 is 9.53 Å². The first kappa shape index (κ1) is 15.2. The van der Waals surface area contributed by atoms with Crippen LogP contribution in [0.5, 0.6) is 5.75 Å². The van der Waals surface area contributed by atoms with Crippen molar-refractivity contribution >= 4 is 29.5 Å². The highest BCUT2D eigenvalue weighted by Crippen LogP contribution is 2.16. The molecule has 3 aromatic rings. The van der Waals surface area contributed by atoms with Gasteiger partial charge in [0.2, 0.25) is 0 Å². The average Bonchev–Trinajstić information content (AvgIpc) is 3.08. The normalized spacial score (nSPS) is 10.8. The molecule has 0 aliphatic rings. The van der Waals surface area contributed by atoms with Gasteiger partial charge in [0, 0.05) is 11.1 Å². The van der Waals surface area contributed by atoms with E-state index in [0.29, 0.717) is 12.2 Å². The highest BCUT2D eigenvalue weighted by atomic mass is 32.1. The van der Waals surface area contributed by atoms with Gasteiger partial charge < -0.3 is 4.74 Å². The molecule has 0 unspecified atom stereocenters. The summed E-state index contributed by atoms with van der Waals surface area (Å²) in [6.45, 7) is 0. The molecule has 0 fully saturated rings. The first-order valence-corrected chi connectivity index (χ1v) is 8.10. The third-order valence-corrected chi connectivity index (χ3v) is 4.02. The molecule has 0 aliphatic carbocycles. The third-order valence-electron chi connectivity index (χ3n) is 3.14. The molecule has 0 amide bonds. The van der Waals surface area contributed by atoms with Crippen molar-refractivity contribution in [3.8, 4) is 5.75 Å². The van der Waals surface area contributed by atoms with E-state index in [1.54, 1.807) is 29.7 Å². The van der Waals surface area contributed by atoms with Crippen LogP contribution < -0.4 is 4.74 Å². The van der Waals surface area contributed by atoms with Crippen molar-refractivity contribution in [1.82, 2.24) is 4.98 Å². The zero-order valence-electron chi connectivity index (χ0n) is 12.4. The number of benzene rings is 1. The SMILES string of the molecule is O=C(Cc1cccs1)Oc1ccc(/C=C/c2ccccn2)cc1. The van der Waals surface area contributed by atoms with Crippen LogP contribution in [0, 0.1) is 0 Å². The molecule has 114 valence electrons. The second-order valence-corrected chi connectivity index (χ2v) is 5.92. The summed E-state index contributed by atoms with van der Waals surface area (Å²) in [5.41, 5.74) is 1.92. The van der Waals surface area contributed by atoms with E-state index < -0.39 is 0 Å². The Morgan fingerprint density at radius 3 is 2.61 bits per heavy atom. The van der Waals surface area contributed by atoms with E-state index in [0.717, 1.165) is 16.1 Å². The summed E-state index contributed by atoms with van der Waals surface area (Å²) in [7, 11) is 0. The van der Waals surface area contributed by atoms with Gasteiger partial charge >= 0.3 is 5.97 Å². The highest BCUT2D eigenvalue weighted by molar-refractivity contribution is 7.10. The van der Waals surface area contributed by atoms with E-state index in [-0.39, 0.29) is 5.97 Å². The fourth-order valence-electron chi connectivity index (χ4n) is 2.03.